The Balaban J connectivity index is 0.00000114. The molecule has 0 N–H and O–H groups in total. The number of carbonyl (C=O) groups is 2. The zero-order valence-electron chi connectivity index (χ0n) is 36.4. The fourth-order valence-corrected chi connectivity index (χ4v) is 11.0. The molecule has 58 heavy (non-hydrogen) atoms. The van der Waals surface area contributed by atoms with E-state index in [0.29, 0.717) is 19.4 Å². The Morgan fingerprint density at radius 3 is 1.71 bits per heavy atom. The van der Waals surface area contributed by atoms with Crippen LogP contribution in [0.4, 0.5) is 0 Å². The molecule has 0 amide bonds. The van der Waals surface area contributed by atoms with E-state index >= 15 is 0 Å². The molecule has 0 aliphatic carbocycles. The van der Waals surface area contributed by atoms with Crippen LogP contribution in [0.5, 0.6) is 0 Å². The number of carbonyl (C=O) groups excluding carboxylic acids is 2. The number of ether oxygens (including phenoxy) is 4. The number of Topliss-reactive ketones (excluding diaryl/α,β-unsaturated/α-hetero) is 1. The predicted octanol–water partition coefficient (Wildman–Crippen LogP) is 9.44. The Hall–Kier alpha value is -2.60. The van der Waals surface area contributed by atoms with Crippen molar-refractivity contribution in [3.63, 3.8) is 0 Å². The van der Waals surface area contributed by atoms with Gasteiger partial charge >= 0.3 is 5.97 Å². The topological polar surface area (TPSA) is 80.3 Å². The first kappa shape index (κ1) is 53.4. The minimum atomic E-state index is -2.93. The van der Waals surface area contributed by atoms with E-state index in [4.69, 9.17) is 30.0 Å². The van der Waals surface area contributed by atoms with Gasteiger partial charge in [0.1, 0.15) is 18.3 Å². The summed E-state index contributed by atoms with van der Waals surface area (Å²) in [5.41, 5.74) is 1.03. The van der Waals surface area contributed by atoms with E-state index < -0.39 is 38.8 Å². The number of esters is 1. The standard InChI is InChI=1S/C37H43O7Si.3C4H9.Sn/c1-26-34(39)36-31(22-21-28(43-36)23-33(38)40-5)44-35(26)32(41-24-27-15-9-6-10-16-27)25-42-45(37(2,3)4,29-17-11-7-12-18-29)30-19-13-8-14-20-30;3*1-3-4-2;/h1,6-20,28,31-32,35-36H,21-25H2,2-5H3;3*1,3-4H2,2H3;/t28-,31+,32+,35-,36+;;;;/m1..../s1. The van der Waals surface area contributed by atoms with Gasteiger partial charge in [-0.1, -0.05) is 198 Å². The van der Waals surface area contributed by atoms with Gasteiger partial charge in [0.15, 0.2) is 5.78 Å². The van der Waals surface area contributed by atoms with Gasteiger partial charge in [0, 0.05) is 29.5 Å². The maximum Gasteiger partial charge on any atom is 0.308 e. The molecule has 9 heteroatoms. The molecule has 0 bridgehead atoms. The average Bonchev–Trinajstić information content (AvgIpc) is 3.24. The van der Waals surface area contributed by atoms with Crippen molar-refractivity contribution < 1.29 is 33.0 Å². The molecule has 0 saturated carbocycles. The van der Waals surface area contributed by atoms with Crippen molar-refractivity contribution in [2.24, 2.45) is 0 Å². The van der Waals surface area contributed by atoms with Crippen molar-refractivity contribution >= 4 is 54.4 Å². The molecular weight excluding hydrogens is 847 g/mol. The molecule has 3 aromatic rings. The number of methoxy groups -OCH3 is 1. The van der Waals surface area contributed by atoms with Crippen LogP contribution in [0.3, 0.4) is 0 Å². The number of fused-ring (bicyclic) bond motifs is 1. The van der Waals surface area contributed by atoms with Crippen LogP contribution < -0.4 is 10.4 Å². The SMILES string of the molecule is [CH2]CCC.[CH2]CCC.[CH2]CCC.[CH]=C1C(=O)[C@H]2O[C@@H](CC(=O)OC)CC[C@@H]2O[C@H]1[C@H](CO[Si](c1ccccc1)(c1ccccc1)C(C)(C)C)OCc1ccccc1.[Sn]. The zero-order valence-corrected chi connectivity index (χ0v) is 40.2. The van der Waals surface area contributed by atoms with Crippen molar-refractivity contribution in [2.75, 3.05) is 13.7 Å². The fraction of sp³-hybridized carbons (Fsp3) is 0.490. The van der Waals surface area contributed by atoms with E-state index in [0.717, 1.165) is 35.2 Å². The summed E-state index contributed by atoms with van der Waals surface area (Å²) in [4.78, 5) is 25.6. The second kappa shape index (κ2) is 28.8. The minimum Gasteiger partial charge on any atom is -0.469 e. The zero-order chi connectivity index (χ0) is 42.3. The van der Waals surface area contributed by atoms with Gasteiger partial charge in [-0.3, -0.25) is 9.59 Å². The molecule has 2 fully saturated rings. The van der Waals surface area contributed by atoms with Crippen molar-refractivity contribution in [3.8, 4) is 0 Å². The summed E-state index contributed by atoms with van der Waals surface area (Å²) in [7, 11) is -1.59. The maximum absolute atomic E-state index is 13.7. The number of unbranched alkanes of at least 4 members (excludes halogenated alkanes) is 3. The second-order valence-electron chi connectivity index (χ2n) is 15.3. The Labute approximate surface area is 370 Å². The van der Waals surface area contributed by atoms with E-state index in [1.54, 1.807) is 0 Å². The Morgan fingerprint density at radius 1 is 0.810 bits per heavy atom. The molecule has 7 nitrogen and oxygen atoms in total. The Bertz CT molecular complexity index is 1490. The van der Waals surface area contributed by atoms with Gasteiger partial charge in [-0.05, 0) is 33.8 Å². The first-order valence-corrected chi connectivity index (χ1v) is 22.6. The van der Waals surface area contributed by atoms with Crippen molar-refractivity contribution in [1.82, 2.24) is 0 Å². The molecule has 2 aliphatic heterocycles. The molecular formula is C49H70O7SiSn. The van der Waals surface area contributed by atoms with Gasteiger partial charge in [-0.2, -0.15) is 0 Å². The summed E-state index contributed by atoms with van der Waals surface area (Å²) in [5, 5.41) is 2.02. The van der Waals surface area contributed by atoms with Gasteiger partial charge in [-0.15, -0.1) is 0 Å². The average molecular weight is 918 g/mol. The van der Waals surface area contributed by atoms with Crippen LogP contribution >= 0.6 is 0 Å². The molecule has 2 aliphatic rings. The predicted molar refractivity (Wildman–Crippen MR) is 241 cm³/mol. The fourth-order valence-electron chi connectivity index (χ4n) is 6.48. The first-order valence-electron chi connectivity index (χ1n) is 20.7. The van der Waals surface area contributed by atoms with Crippen LogP contribution in [-0.2, 0) is 39.6 Å². The van der Waals surface area contributed by atoms with E-state index in [-0.39, 0.29) is 59.3 Å². The van der Waals surface area contributed by atoms with E-state index in [1.165, 1.54) is 26.4 Å². The molecule has 0 aromatic heterocycles. The largest absolute Gasteiger partial charge is 0.469 e. The minimum absolute atomic E-state index is 0. The molecule has 8 radical (unpaired) electrons. The van der Waals surface area contributed by atoms with E-state index in [2.05, 4.69) is 86.6 Å². The van der Waals surface area contributed by atoms with Crippen LogP contribution in [0.15, 0.2) is 96.6 Å². The summed E-state index contributed by atoms with van der Waals surface area (Å²) in [6.45, 7) is 30.8. The smallest absolute Gasteiger partial charge is 0.308 e. The third-order valence-electron chi connectivity index (χ3n) is 9.83. The summed E-state index contributed by atoms with van der Waals surface area (Å²) < 4.78 is 31.2. The Kier molecular flexibility index (Phi) is 26.5. The van der Waals surface area contributed by atoms with Crippen molar-refractivity contribution in [1.29, 1.82) is 0 Å². The number of benzene rings is 3. The summed E-state index contributed by atoms with van der Waals surface area (Å²) in [5.74, 6) is -0.711. The molecule has 5 atom stereocenters. The molecule has 5 rings (SSSR count). The molecule has 316 valence electrons. The van der Waals surface area contributed by atoms with Crippen LogP contribution in [0.25, 0.3) is 0 Å². The third kappa shape index (κ3) is 16.1. The number of rotatable bonds is 14. The third-order valence-corrected chi connectivity index (χ3v) is 14.8. The maximum atomic E-state index is 13.7. The molecule has 0 spiro atoms. The summed E-state index contributed by atoms with van der Waals surface area (Å²) in [6.07, 6.45) is 4.68. The van der Waals surface area contributed by atoms with Gasteiger partial charge in [0.2, 0.25) is 0 Å². The monoisotopic (exact) mass is 918 g/mol. The van der Waals surface area contributed by atoms with E-state index in [1.807, 2.05) is 66.7 Å². The van der Waals surface area contributed by atoms with Gasteiger partial charge in [0.05, 0.1) is 39.0 Å². The second-order valence-corrected chi connectivity index (χ2v) is 19.6. The Morgan fingerprint density at radius 2 is 1.28 bits per heavy atom. The summed E-state index contributed by atoms with van der Waals surface area (Å²) in [6, 6.07) is 30.6. The molecule has 3 aromatic carbocycles. The molecule has 0 unspecified atom stereocenters. The van der Waals surface area contributed by atoms with E-state index in [9.17, 15) is 9.59 Å². The van der Waals surface area contributed by atoms with Crippen LogP contribution in [0.2, 0.25) is 5.04 Å². The quantitative estimate of drug-likeness (QED) is 0.0907. The van der Waals surface area contributed by atoms with Gasteiger partial charge in [-0.25, -0.2) is 0 Å². The normalized spacial score (nSPS) is 19.3. The van der Waals surface area contributed by atoms with Crippen LogP contribution in [0, 0.1) is 27.4 Å². The van der Waals surface area contributed by atoms with Crippen LogP contribution in [0.1, 0.15) is 105 Å². The first-order chi connectivity index (χ1) is 27.4. The number of ketones is 1. The van der Waals surface area contributed by atoms with Crippen LogP contribution in [-0.4, -0.2) is 88.2 Å². The number of hydrogen-bond donors (Lipinski definition) is 0. The van der Waals surface area contributed by atoms with Gasteiger partial charge < -0.3 is 23.4 Å². The molecule has 2 saturated heterocycles. The van der Waals surface area contributed by atoms with Crippen molar-refractivity contribution in [2.45, 2.75) is 141 Å². The number of hydrogen-bond acceptors (Lipinski definition) is 7. The summed E-state index contributed by atoms with van der Waals surface area (Å²) >= 11 is 0. The van der Waals surface area contributed by atoms with Gasteiger partial charge in [0.25, 0.3) is 8.32 Å². The molecule has 2 heterocycles. The van der Waals surface area contributed by atoms with Crippen molar-refractivity contribution in [3.05, 3.63) is 129 Å².